The van der Waals surface area contributed by atoms with Crippen LogP contribution in [0.3, 0.4) is 0 Å². The zero-order valence-corrected chi connectivity index (χ0v) is 12.0. The molecule has 1 aromatic rings. The Morgan fingerprint density at radius 3 is 3.24 bits per heavy atom. The van der Waals surface area contributed by atoms with Crippen molar-refractivity contribution in [2.45, 2.75) is 30.0 Å². The van der Waals surface area contributed by atoms with E-state index in [9.17, 15) is 0 Å². The molecule has 0 amide bonds. The van der Waals surface area contributed by atoms with Gasteiger partial charge in [-0.25, -0.2) is 0 Å². The van der Waals surface area contributed by atoms with E-state index in [-0.39, 0.29) is 0 Å². The molecule has 2 rings (SSSR count). The maximum atomic E-state index is 5.51. The highest BCUT2D eigenvalue weighted by molar-refractivity contribution is 8.01. The van der Waals surface area contributed by atoms with Gasteiger partial charge in [0.05, 0.1) is 10.8 Å². The summed E-state index contributed by atoms with van der Waals surface area (Å²) < 4.78 is 6.93. The van der Waals surface area contributed by atoms with E-state index in [1.165, 1.54) is 17.1 Å². The maximum absolute atomic E-state index is 5.51. The molecule has 96 valence electrons. The normalized spacial score (nSPS) is 21.8. The van der Waals surface area contributed by atoms with E-state index in [0.29, 0.717) is 12.0 Å². The van der Waals surface area contributed by atoms with Gasteiger partial charge in [-0.05, 0) is 30.8 Å². The second kappa shape index (κ2) is 7.41. The maximum Gasteiger partial charge on any atom is 0.0599 e. The van der Waals surface area contributed by atoms with E-state index >= 15 is 0 Å². The van der Waals surface area contributed by atoms with Crippen LogP contribution in [0.5, 0.6) is 0 Å². The number of rotatable bonds is 7. The minimum atomic E-state index is 0.601. The molecule has 17 heavy (non-hydrogen) atoms. The summed E-state index contributed by atoms with van der Waals surface area (Å²) in [5.41, 5.74) is 0. The Kier molecular flexibility index (Phi) is 5.85. The van der Waals surface area contributed by atoms with E-state index in [4.69, 9.17) is 4.74 Å². The molecule has 0 aromatic carbocycles. The Labute approximate surface area is 112 Å². The molecule has 1 aliphatic heterocycles. The molecule has 2 heterocycles. The van der Waals surface area contributed by atoms with Crippen LogP contribution >= 0.6 is 23.1 Å². The van der Waals surface area contributed by atoms with E-state index in [1.807, 2.05) is 23.1 Å². The Hall–Kier alpha value is -0.0300. The van der Waals surface area contributed by atoms with Crippen LogP contribution in [0, 0.1) is 5.92 Å². The second-order valence-corrected chi connectivity index (χ2v) is 6.70. The Morgan fingerprint density at radius 2 is 2.59 bits per heavy atom. The quantitative estimate of drug-likeness (QED) is 0.769. The summed E-state index contributed by atoms with van der Waals surface area (Å²) >= 11 is 3.81. The summed E-state index contributed by atoms with van der Waals surface area (Å²) in [7, 11) is 0. The summed E-state index contributed by atoms with van der Waals surface area (Å²) in [5.74, 6) is 1.86. The molecule has 4 heteroatoms. The zero-order valence-electron chi connectivity index (χ0n) is 10.4. The molecule has 1 aromatic heterocycles. The highest BCUT2D eigenvalue weighted by Gasteiger charge is 2.25. The Morgan fingerprint density at radius 1 is 1.65 bits per heavy atom. The summed E-state index contributed by atoms with van der Waals surface area (Å²) in [6, 6.07) is 4.93. The third kappa shape index (κ3) is 4.28. The molecule has 1 saturated heterocycles. The van der Waals surface area contributed by atoms with Crippen molar-refractivity contribution < 1.29 is 4.74 Å². The molecule has 1 aliphatic rings. The van der Waals surface area contributed by atoms with Crippen LogP contribution in [0.15, 0.2) is 21.7 Å². The van der Waals surface area contributed by atoms with Gasteiger partial charge < -0.3 is 10.1 Å². The van der Waals surface area contributed by atoms with Crippen molar-refractivity contribution in [1.82, 2.24) is 5.32 Å². The van der Waals surface area contributed by atoms with E-state index in [1.54, 1.807) is 0 Å². The van der Waals surface area contributed by atoms with Crippen molar-refractivity contribution in [2.24, 2.45) is 5.92 Å². The van der Waals surface area contributed by atoms with Crippen molar-refractivity contribution in [2.75, 3.05) is 25.5 Å². The highest BCUT2D eigenvalue weighted by Crippen LogP contribution is 2.27. The van der Waals surface area contributed by atoms with Crippen LogP contribution in [0.4, 0.5) is 0 Å². The van der Waals surface area contributed by atoms with Crippen LogP contribution < -0.4 is 5.32 Å². The third-order valence-electron chi connectivity index (χ3n) is 3.09. The Balaban J connectivity index is 1.81. The topological polar surface area (TPSA) is 21.3 Å². The lowest BCUT2D eigenvalue weighted by atomic mass is 10.0. The van der Waals surface area contributed by atoms with E-state index < -0.39 is 0 Å². The monoisotopic (exact) mass is 271 g/mol. The first-order valence-electron chi connectivity index (χ1n) is 6.37. The number of thioether (sulfide) groups is 1. The largest absolute Gasteiger partial charge is 0.381 e. The minimum Gasteiger partial charge on any atom is -0.381 e. The molecule has 0 radical (unpaired) electrons. The van der Waals surface area contributed by atoms with Gasteiger partial charge in [-0.3, -0.25) is 0 Å². The van der Waals surface area contributed by atoms with Crippen molar-refractivity contribution in [1.29, 1.82) is 0 Å². The second-order valence-electron chi connectivity index (χ2n) is 4.43. The van der Waals surface area contributed by atoms with Crippen molar-refractivity contribution in [3.05, 3.63) is 17.5 Å². The molecule has 2 unspecified atom stereocenters. The predicted molar refractivity (Wildman–Crippen MR) is 76.1 cm³/mol. The molecule has 1 N–H and O–H groups in total. The standard InChI is InChI=1S/C13H21NOS2/c1-2-6-14-12(11-5-7-15-9-11)10-17-13-4-3-8-16-13/h3-4,8,11-12,14H,2,5-7,9-10H2,1H3. The van der Waals surface area contributed by atoms with Gasteiger partial charge >= 0.3 is 0 Å². The van der Waals surface area contributed by atoms with Crippen LogP contribution in [0.25, 0.3) is 0 Å². The van der Waals surface area contributed by atoms with E-state index in [0.717, 1.165) is 25.5 Å². The lowest BCUT2D eigenvalue weighted by molar-refractivity contribution is 0.179. The molecule has 0 bridgehead atoms. The minimum absolute atomic E-state index is 0.601. The Bertz CT molecular complexity index is 296. The molecule has 0 aliphatic carbocycles. The fourth-order valence-electron chi connectivity index (χ4n) is 2.08. The first kappa shape index (κ1) is 13.4. The number of nitrogens with one attached hydrogen (secondary N) is 1. The van der Waals surface area contributed by atoms with Gasteiger partial charge in [0.1, 0.15) is 0 Å². The van der Waals surface area contributed by atoms with Gasteiger partial charge in [-0.1, -0.05) is 13.0 Å². The lowest BCUT2D eigenvalue weighted by Gasteiger charge is -2.23. The van der Waals surface area contributed by atoms with Crippen LogP contribution in [-0.2, 0) is 4.74 Å². The third-order valence-corrected chi connectivity index (χ3v) is 5.34. The average molecular weight is 271 g/mol. The predicted octanol–water partition coefficient (Wildman–Crippen LogP) is 3.24. The van der Waals surface area contributed by atoms with Gasteiger partial charge in [-0.2, -0.15) is 0 Å². The zero-order chi connectivity index (χ0) is 11.9. The number of hydrogen-bond donors (Lipinski definition) is 1. The van der Waals surface area contributed by atoms with Gasteiger partial charge in [-0.15, -0.1) is 23.1 Å². The molecule has 2 nitrogen and oxygen atoms in total. The molecular formula is C13H21NOS2. The molecule has 0 saturated carbocycles. The molecular weight excluding hydrogens is 250 g/mol. The van der Waals surface area contributed by atoms with Crippen LogP contribution in [0.1, 0.15) is 19.8 Å². The van der Waals surface area contributed by atoms with Gasteiger partial charge in [0.15, 0.2) is 0 Å². The summed E-state index contributed by atoms with van der Waals surface area (Å²) in [5, 5.41) is 5.83. The van der Waals surface area contributed by atoms with Crippen molar-refractivity contribution >= 4 is 23.1 Å². The number of thiophene rings is 1. The fraction of sp³-hybridized carbons (Fsp3) is 0.692. The summed E-state index contributed by atoms with van der Waals surface area (Å²) in [6.07, 6.45) is 2.42. The van der Waals surface area contributed by atoms with Gasteiger partial charge in [0.25, 0.3) is 0 Å². The summed E-state index contributed by atoms with van der Waals surface area (Å²) in [6.45, 7) is 5.22. The number of ether oxygens (including phenoxy) is 1. The van der Waals surface area contributed by atoms with Crippen LogP contribution in [-0.4, -0.2) is 31.6 Å². The highest BCUT2D eigenvalue weighted by atomic mass is 32.2. The van der Waals surface area contributed by atoms with Gasteiger partial charge in [0, 0.05) is 24.3 Å². The van der Waals surface area contributed by atoms with Crippen molar-refractivity contribution in [3.63, 3.8) is 0 Å². The first-order chi connectivity index (χ1) is 8.40. The SMILES string of the molecule is CCCNC(CSc1cccs1)C1CCOC1. The first-order valence-corrected chi connectivity index (χ1v) is 8.24. The van der Waals surface area contributed by atoms with Crippen molar-refractivity contribution in [3.8, 4) is 0 Å². The molecule has 0 spiro atoms. The van der Waals surface area contributed by atoms with Gasteiger partial charge in [0.2, 0.25) is 0 Å². The molecule has 2 atom stereocenters. The fourth-order valence-corrected chi connectivity index (χ4v) is 4.08. The average Bonchev–Trinajstić information content (AvgIpc) is 3.01. The molecule has 1 fully saturated rings. The lowest BCUT2D eigenvalue weighted by Crippen LogP contribution is -2.39. The number of hydrogen-bond acceptors (Lipinski definition) is 4. The van der Waals surface area contributed by atoms with Crippen LogP contribution in [0.2, 0.25) is 0 Å². The van der Waals surface area contributed by atoms with E-state index in [2.05, 4.69) is 29.8 Å². The summed E-state index contributed by atoms with van der Waals surface area (Å²) in [4.78, 5) is 0. The smallest absolute Gasteiger partial charge is 0.0599 e.